The zero-order valence-corrected chi connectivity index (χ0v) is 9.30. The van der Waals surface area contributed by atoms with Gasteiger partial charge in [0.15, 0.2) is 0 Å². The third kappa shape index (κ3) is 5.40. The highest BCUT2D eigenvalue weighted by atomic mass is 14.7. The molecule has 0 rings (SSSR count). The molecule has 0 unspecified atom stereocenters. The summed E-state index contributed by atoms with van der Waals surface area (Å²) in [7, 11) is 0. The van der Waals surface area contributed by atoms with Crippen molar-refractivity contribution in [3.8, 4) is 0 Å². The largest absolute Gasteiger partial charge is 0.266 e. The van der Waals surface area contributed by atoms with Gasteiger partial charge in [0, 0.05) is 11.9 Å². The first-order valence-corrected chi connectivity index (χ1v) is 5.11. The minimum absolute atomic E-state index is 1.06. The molecule has 0 aromatic carbocycles. The zero-order valence-electron chi connectivity index (χ0n) is 9.30. The van der Waals surface area contributed by atoms with Crippen LogP contribution in [0.25, 0.3) is 0 Å². The Kier molecular flexibility index (Phi) is 7.27. The fraction of sp³-hybridized carbons (Fsp3) is 0.583. The van der Waals surface area contributed by atoms with Crippen LogP contribution >= 0.6 is 0 Å². The summed E-state index contributed by atoms with van der Waals surface area (Å²) in [5.41, 5.74) is 2.48. The Morgan fingerprint density at radius 1 is 1.31 bits per heavy atom. The standard InChI is InChI=1S/C12H21N/c1-5-8-9-10-12(6-2)11(4)13-7-3/h7,9-10H,5-6,8H2,1-4H3/b10-9-,12-11+,13-7?. The van der Waals surface area contributed by atoms with Crippen molar-refractivity contribution in [1.29, 1.82) is 0 Å². The van der Waals surface area contributed by atoms with E-state index in [-0.39, 0.29) is 0 Å². The lowest BCUT2D eigenvalue weighted by atomic mass is 10.1. The molecule has 0 bridgehead atoms. The molecule has 0 radical (unpaired) electrons. The number of hydrogen-bond donors (Lipinski definition) is 0. The molecule has 0 N–H and O–H groups in total. The SMILES string of the molecule is CC=N/C(C)=C(/C=C\CCC)CC. The normalized spacial score (nSPS) is 14.2. The molecule has 0 amide bonds. The van der Waals surface area contributed by atoms with E-state index in [2.05, 4.69) is 37.9 Å². The van der Waals surface area contributed by atoms with E-state index >= 15 is 0 Å². The van der Waals surface area contributed by atoms with Crippen molar-refractivity contribution in [2.24, 2.45) is 4.99 Å². The average molecular weight is 179 g/mol. The lowest BCUT2D eigenvalue weighted by molar-refractivity contribution is 0.953. The lowest BCUT2D eigenvalue weighted by Crippen LogP contribution is -1.81. The van der Waals surface area contributed by atoms with E-state index in [0.29, 0.717) is 0 Å². The van der Waals surface area contributed by atoms with Gasteiger partial charge in [0.1, 0.15) is 0 Å². The van der Waals surface area contributed by atoms with E-state index in [4.69, 9.17) is 0 Å². The zero-order chi connectivity index (χ0) is 10.1. The smallest absolute Gasteiger partial charge is 0.0400 e. The van der Waals surface area contributed by atoms with Crippen LogP contribution in [0.2, 0.25) is 0 Å². The second-order valence-corrected chi connectivity index (χ2v) is 3.04. The molecule has 0 aliphatic rings. The molecular weight excluding hydrogens is 158 g/mol. The van der Waals surface area contributed by atoms with E-state index in [0.717, 1.165) is 18.5 Å². The number of rotatable bonds is 5. The van der Waals surface area contributed by atoms with Gasteiger partial charge in [-0.25, -0.2) is 0 Å². The summed E-state index contributed by atoms with van der Waals surface area (Å²) < 4.78 is 0. The molecule has 0 saturated heterocycles. The Bertz CT molecular complexity index is 209. The Balaban J connectivity index is 4.39. The maximum absolute atomic E-state index is 4.28. The predicted octanol–water partition coefficient (Wildman–Crippen LogP) is 4.12. The molecule has 0 aliphatic heterocycles. The summed E-state index contributed by atoms with van der Waals surface area (Å²) in [6.45, 7) is 8.37. The van der Waals surface area contributed by atoms with Crippen LogP contribution in [0.1, 0.15) is 47.0 Å². The van der Waals surface area contributed by atoms with Crippen molar-refractivity contribution in [1.82, 2.24) is 0 Å². The van der Waals surface area contributed by atoms with Gasteiger partial charge >= 0.3 is 0 Å². The van der Waals surface area contributed by atoms with Gasteiger partial charge in [-0.3, -0.25) is 4.99 Å². The van der Waals surface area contributed by atoms with Crippen molar-refractivity contribution in [3.63, 3.8) is 0 Å². The monoisotopic (exact) mass is 179 g/mol. The summed E-state index contributed by atoms with van der Waals surface area (Å²) >= 11 is 0. The number of hydrogen-bond acceptors (Lipinski definition) is 1. The quantitative estimate of drug-likeness (QED) is 0.445. The van der Waals surface area contributed by atoms with Crippen LogP contribution < -0.4 is 0 Å². The summed E-state index contributed by atoms with van der Waals surface area (Å²) in [5.74, 6) is 0. The van der Waals surface area contributed by atoms with Crippen LogP contribution in [-0.4, -0.2) is 6.21 Å². The van der Waals surface area contributed by atoms with Gasteiger partial charge in [-0.05, 0) is 32.3 Å². The minimum Gasteiger partial charge on any atom is -0.266 e. The number of nitrogens with zero attached hydrogens (tertiary/aromatic N) is 1. The number of allylic oxidation sites excluding steroid dienone is 4. The molecule has 0 aromatic heterocycles. The number of aliphatic imine (C=N–C) groups is 1. The van der Waals surface area contributed by atoms with Crippen LogP contribution in [0.5, 0.6) is 0 Å². The van der Waals surface area contributed by atoms with Crippen LogP contribution in [0.3, 0.4) is 0 Å². The summed E-state index contributed by atoms with van der Waals surface area (Å²) in [5, 5.41) is 0. The first-order valence-electron chi connectivity index (χ1n) is 5.11. The Morgan fingerprint density at radius 3 is 2.46 bits per heavy atom. The molecule has 0 saturated carbocycles. The van der Waals surface area contributed by atoms with E-state index < -0.39 is 0 Å². The van der Waals surface area contributed by atoms with Crippen molar-refractivity contribution in [2.75, 3.05) is 0 Å². The van der Waals surface area contributed by atoms with Gasteiger partial charge in [-0.1, -0.05) is 32.4 Å². The maximum Gasteiger partial charge on any atom is 0.0400 e. The average Bonchev–Trinajstić information content (AvgIpc) is 2.13. The topological polar surface area (TPSA) is 12.4 Å². The fourth-order valence-electron chi connectivity index (χ4n) is 1.16. The summed E-state index contributed by atoms with van der Waals surface area (Å²) in [6, 6.07) is 0. The summed E-state index contributed by atoms with van der Waals surface area (Å²) in [4.78, 5) is 4.28. The molecule has 74 valence electrons. The second-order valence-electron chi connectivity index (χ2n) is 3.04. The van der Waals surface area contributed by atoms with Crippen molar-refractivity contribution < 1.29 is 0 Å². The Morgan fingerprint density at radius 2 is 2.00 bits per heavy atom. The van der Waals surface area contributed by atoms with Gasteiger partial charge in [0.25, 0.3) is 0 Å². The highest BCUT2D eigenvalue weighted by Crippen LogP contribution is 2.11. The molecule has 0 aromatic rings. The van der Waals surface area contributed by atoms with Gasteiger partial charge in [-0.15, -0.1) is 0 Å². The molecule has 13 heavy (non-hydrogen) atoms. The van der Waals surface area contributed by atoms with Gasteiger partial charge in [0.2, 0.25) is 0 Å². The van der Waals surface area contributed by atoms with Gasteiger partial charge < -0.3 is 0 Å². The van der Waals surface area contributed by atoms with Crippen molar-refractivity contribution >= 4 is 6.21 Å². The van der Waals surface area contributed by atoms with E-state index in [1.807, 2.05) is 13.1 Å². The number of unbranched alkanes of at least 4 members (excludes halogenated alkanes) is 1. The highest BCUT2D eigenvalue weighted by molar-refractivity contribution is 5.55. The van der Waals surface area contributed by atoms with E-state index in [1.54, 1.807) is 0 Å². The van der Waals surface area contributed by atoms with Crippen LogP contribution in [0.4, 0.5) is 0 Å². The van der Waals surface area contributed by atoms with Crippen molar-refractivity contribution in [2.45, 2.75) is 47.0 Å². The van der Waals surface area contributed by atoms with E-state index in [9.17, 15) is 0 Å². The molecule has 0 aliphatic carbocycles. The molecule has 0 fully saturated rings. The third-order valence-corrected chi connectivity index (χ3v) is 1.94. The second kappa shape index (κ2) is 7.78. The maximum atomic E-state index is 4.28. The summed E-state index contributed by atoms with van der Waals surface area (Å²) in [6.07, 6.45) is 9.71. The Hall–Kier alpha value is -0.850. The molecule has 0 atom stereocenters. The van der Waals surface area contributed by atoms with Crippen LogP contribution in [-0.2, 0) is 0 Å². The molecule has 0 heterocycles. The minimum atomic E-state index is 1.06. The van der Waals surface area contributed by atoms with Crippen molar-refractivity contribution in [3.05, 3.63) is 23.4 Å². The fourth-order valence-corrected chi connectivity index (χ4v) is 1.16. The lowest BCUT2D eigenvalue weighted by Gasteiger charge is -2.00. The molecule has 1 heteroatoms. The van der Waals surface area contributed by atoms with E-state index in [1.165, 1.54) is 12.0 Å². The first kappa shape index (κ1) is 12.2. The third-order valence-electron chi connectivity index (χ3n) is 1.94. The molecular formula is C12H21N. The van der Waals surface area contributed by atoms with Crippen LogP contribution in [0.15, 0.2) is 28.4 Å². The molecule has 0 spiro atoms. The van der Waals surface area contributed by atoms with Gasteiger partial charge in [-0.2, -0.15) is 0 Å². The first-order chi connectivity index (χ1) is 6.26. The highest BCUT2D eigenvalue weighted by Gasteiger charge is 1.92. The molecule has 1 nitrogen and oxygen atoms in total. The Labute approximate surface area is 82.3 Å². The van der Waals surface area contributed by atoms with Crippen LogP contribution in [0, 0.1) is 0 Å². The van der Waals surface area contributed by atoms with Gasteiger partial charge in [0.05, 0.1) is 0 Å². The predicted molar refractivity (Wildman–Crippen MR) is 61.2 cm³/mol.